The molecule has 3 amide bonds. The van der Waals surface area contributed by atoms with Crippen molar-refractivity contribution >= 4 is 29.7 Å². The van der Waals surface area contributed by atoms with Crippen molar-refractivity contribution in [1.82, 2.24) is 21.3 Å². The number of aliphatic carboxylic acids is 1. The van der Waals surface area contributed by atoms with Crippen LogP contribution in [-0.2, 0) is 19.2 Å². The second kappa shape index (κ2) is 15.2. The molecule has 6 atom stereocenters. The van der Waals surface area contributed by atoms with E-state index in [1.54, 1.807) is 6.92 Å². The van der Waals surface area contributed by atoms with Crippen LogP contribution in [0.5, 0.6) is 0 Å². The highest BCUT2D eigenvalue weighted by Crippen LogP contribution is 2.14. The lowest BCUT2D eigenvalue weighted by molar-refractivity contribution is -0.143. The molecule has 200 valence electrons. The summed E-state index contributed by atoms with van der Waals surface area (Å²) in [7, 11) is 0. The first kappa shape index (κ1) is 30.1. The first-order valence-corrected chi connectivity index (χ1v) is 12.4. The van der Waals surface area contributed by atoms with E-state index in [1.165, 1.54) is 0 Å². The lowest BCUT2D eigenvalue weighted by Crippen LogP contribution is -2.59. The second-order valence-electron chi connectivity index (χ2n) is 9.24. The molecule has 0 aromatic carbocycles. The summed E-state index contributed by atoms with van der Waals surface area (Å²) in [5.74, 6) is -3.00. The van der Waals surface area contributed by atoms with Crippen molar-refractivity contribution in [2.75, 3.05) is 13.1 Å². The van der Waals surface area contributed by atoms with Gasteiger partial charge >= 0.3 is 5.97 Å². The van der Waals surface area contributed by atoms with Gasteiger partial charge in [-0.3, -0.25) is 19.4 Å². The number of amides is 3. The summed E-state index contributed by atoms with van der Waals surface area (Å²) in [4.78, 5) is 54.5. The van der Waals surface area contributed by atoms with Gasteiger partial charge in [-0.05, 0) is 44.1 Å². The van der Waals surface area contributed by atoms with Crippen LogP contribution >= 0.6 is 0 Å². The van der Waals surface area contributed by atoms with Gasteiger partial charge in [0.05, 0.1) is 6.04 Å². The fourth-order valence-corrected chi connectivity index (χ4v) is 3.83. The summed E-state index contributed by atoms with van der Waals surface area (Å²) in [6, 6.07) is -3.26. The average molecular weight is 498 g/mol. The molecular weight excluding hydrogens is 454 g/mol. The van der Waals surface area contributed by atoms with Gasteiger partial charge in [-0.15, -0.1) is 0 Å². The van der Waals surface area contributed by atoms with E-state index < -0.39 is 35.9 Å². The topological polar surface area (TPSA) is 201 Å². The number of carbonyl (C=O) groups excluding carboxylic acids is 3. The molecule has 0 aliphatic carbocycles. The summed E-state index contributed by atoms with van der Waals surface area (Å²) < 4.78 is 0. The highest BCUT2D eigenvalue weighted by atomic mass is 16.4. The minimum absolute atomic E-state index is 0.0906. The van der Waals surface area contributed by atoms with E-state index in [9.17, 15) is 24.3 Å². The number of hydrogen-bond donors (Lipinski definition) is 7. The summed E-state index contributed by atoms with van der Waals surface area (Å²) in [5, 5.41) is 20.8. The number of carbonyl (C=O) groups is 4. The van der Waals surface area contributed by atoms with Crippen LogP contribution in [0.3, 0.4) is 0 Å². The van der Waals surface area contributed by atoms with Crippen molar-refractivity contribution in [2.24, 2.45) is 28.3 Å². The Labute approximate surface area is 207 Å². The molecule has 12 heteroatoms. The first-order chi connectivity index (χ1) is 16.5. The lowest BCUT2D eigenvalue weighted by atomic mass is 9.94. The Morgan fingerprint density at radius 1 is 1.00 bits per heavy atom. The van der Waals surface area contributed by atoms with E-state index in [1.807, 2.05) is 20.8 Å². The number of hydrogen-bond acceptors (Lipinski definition) is 6. The second-order valence-corrected chi connectivity index (χ2v) is 9.24. The van der Waals surface area contributed by atoms with E-state index in [2.05, 4.69) is 26.3 Å². The fraction of sp³-hybridized carbons (Fsp3) is 0.783. The van der Waals surface area contributed by atoms with Gasteiger partial charge in [0.2, 0.25) is 17.7 Å². The Morgan fingerprint density at radius 3 is 2.06 bits per heavy atom. The van der Waals surface area contributed by atoms with Crippen molar-refractivity contribution in [2.45, 2.75) is 90.4 Å². The van der Waals surface area contributed by atoms with E-state index in [4.69, 9.17) is 11.5 Å². The molecule has 0 bridgehead atoms. The predicted molar refractivity (Wildman–Crippen MR) is 133 cm³/mol. The lowest BCUT2D eigenvalue weighted by Gasteiger charge is -2.30. The molecule has 35 heavy (non-hydrogen) atoms. The Bertz CT molecular complexity index is 751. The third-order valence-electron chi connectivity index (χ3n) is 6.52. The average Bonchev–Trinajstić information content (AvgIpc) is 3.36. The van der Waals surface area contributed by atoms with Gasteiger partial charge in [0, 0.05) is 6.54 Å². The zero-order chi connectivity index (χ0) is 26.5. The number of carboxylic acid groups (broad SMARTS) is 1. The smallest absolute Gasteiger partial charge is 0.326 e. The standard InChI is InChI=1S/C23H43N7O5/c1-5-13(3)17(20(32)28-16(22(34)35)10-8-12-27-23(24)25)30-21(33)18(14(4)6-2)29-19(31)15-9-7-11-26-15/h13-18,26H,5-12H2,1-4H3,(H,28,32)(H,29,31)(H,30,33)(H,34,35)(H4,24,25,27). The number of nitrogens with zero attached hydrogens (tertiary/aromatic N) is 1. The van der Waals surface area contributed by atoms with Crippen molar-refractivity contribution in [3.05, 3.63) is 0 Å². The van der Waals surface area contributed by atoms with Crippen LogP contribution in [0.15, 0.2) is 4.99 Å². The molecule has 1 heterocycles. The molecule has 1 fully saturated rings. The van der Waals surface area contributed by atoms with Crippen molar-refractivity contribution in [1.29, 1.82) is 0 Å². The quantitative estimate of drug-likeness (QED) is 0.0884. The molecule has 1 rings (SSSR count). The van der Waals surface area contributed by atoms with Crippen LogP contribution in [0.1, 0.15) is 66.2 Å². The van der Waals surface area contributed by atoms with Gasteiger partial charge in [-0.25, -0.2) is 4.79 Å². The van der Waals surface area contributed by atoms with Crippen LogP contribution in [0, 0.1) is 11.8 Å². The third-order valence-corrected chi connectivity index (χ3v) is 6.52. The summed E-state index contributed by atoms with van der Waals surface area (Å²) in [6.07, 6.45) is 3.30. The number of aliphatic imine (C=N–C) groups is 1. The van der Waals surface area contributed by atoms with Crippen molar-refractivity contribution < 1.29 is 24.3 Å². The number of nitrogens with two attached hydrogens (primary N) is 2. The minimum Gasteiger partial charge on any atom is -0.480 e. The molecule has 9 N–H and O–H groups in total. The molecule has 1 saturated heterocycles. The van der Waals surface area contributed by atoms with Crippen LogP contribution in [0.4, 0.5) is 0 Å². The molecule has 0 spiro atoms. The van der Waals surface area contributed by atoms with Crippen LogP contribution in [-0.4, -0.2) is 72.0 Å². The zero-order valence-corrected chi connectivity index (χ0v) is 21.3. The van der Waals surface area contributed by atoms with E-state index in [0.717, 1.165) is 13.0 Å². The molecule has 0 saturated carbocycles. The molecule has 0 radical (unpaired) electrons. The summed E-state index contributed by atoms with van der Waals surface area (Å²) in [5.41, 5.74) is 10.6. The molecule has 1 aliphatic heterocycles. The van der Waals surface area contributed by atoms with E-state index in [0.29, 0.717) is 25.7 Å². The number of rotatable bonds is 15. The molecule has 6 unspecified atom stereocenters. The van der Waals surface area contributed by atoms with Gasteiger partial charge in [0.25, 0.3) is 0 Å². The molecule has 1 aliphatic rings. The van der Waals surface area contributed by atoms with E-state index in [-0.39, 0.29) is 42.7 Å². The number of nitrogens with one attached hydrogen (secondary N) is 4. The van der Waals surface area contributed by atoms with Gasteiger partial charge in [-0.1, -0.05) is 40.5 Å². The highest BCUT2D eigenvalue weighted by Gasteiger charge is 2.35. The Hall–Kier alpha value is -2.89. The van der Waals surface area contributed by atoms with Crippen LogP contribution in [0.2, 0.25) is 0 Å². The predicted octanol–water partition coefficient (Wildman–Crippen LogP) is -0.577. The molecular formula is C23H43N7O5. The van der Waals surface area contributed by atoms with Gasteiger partial charge in [0.15, 0.2) is 5.96 Å². The SMILES string of the molecule is CCC(C)C(NC(=O)C1CCCN1)C(=O)NC(C(=O)NC(CCCN=C(N)N)C(=O)O)C(C)CC. The summed E-state index contributed by atoms with van der Waals surface area (Å²) >= 11 is 0. The van der Waals surface area contributed by atoms with Crippen molar-refractivity contribution in [3.63, 3.8) is 0 Å². The fourth-order valence-electron chi connectivity index (χ4n) is 3.83. The van der Waals surface area contributed by atoms with Gasteiger partial charge < -0.3 is 37.8 Å². The van der Waals surface area contributed by atoms with E-state index >= 15 is 0 Å². The number of carboxylic acids is 1. The zero-order valence-electron chi connectivity index (χ0n) is 21.3. The molecule has 12 nitrogen and oxygen atoms in total. The summed E-state index contributed by atoms with van der Waals surface area (Å²) in [6.45, 7) is 8.45. The maximum absolute atomic E-state index is 13.2. The Morgan fingerprint density at radius 2 is 1.57 bits per heavy atom. The first-order valence-electron chi connectivity index (χ1n) is 12.4. The third kappa shape index (κ3) is 10.1. The monoisotopic (exact) mass is 497 g/mol. The maximum Gasteiger partial charge on any atom is 0.326 e. The Kier molecular flexibility index (Phi) is 13.1. The number of guanidine groups is 1. The van der Waals surface area contributed by atoms with Gasteiger partial charge in [0.1, 0.15) is 18.1 Å². The van der Waals surface area contributed by atoms with Gasteiger partial charge in [-0.2, -0.15) is 0 Å². The maximum atomic E-state index is 13.2. The molecule has 0 aromatic rings. The van der Waals surface area contributed by atoms with Crippen LogP contribution < -0.4 is 32.7 Å². The normalized spacial score (nSPS) is 19.5. The molecule has 0 aromatic heterocycles. The van der Waals surface area contributed by atoms with Crippen molar-refractivity contribution in [3.8, 4) is 0 Å². The Balaban J connectivity index is 2.92. The highest BCUT2D eigenvalue weighted by molar-refractivity contribution is 5.94. The minimum atomic E-state index is -1.19. The van der Waals surface area contributed by atoms with Crippen LogP contribution in [0.25, 0.3) is 0 Å². The largest absolute Gasteiger partial charge is 0.480 e.